The van der Waals surface area contributed by atoms with Gasteiger partial charge in [0.15, 0.2) is 5.69 Å². The van der Waals surface area contributed by atoms with Gasteiger partial charge in [0, 0.05) is 6.04 Å². The molecular weight excluding hydrogens is 272 g/mol. The van der Waals surface area contributed by atoms with Gasteiger partial charge in [-0.1, -0.05) is 31.4 Å². The van der Waals surface area contributed by atoms with Gasteiger partial charge >= 0.3 is 5.97 Å². The van der Waals surface area contributed by atoms with Crippen LogP contribution in [0, 0.1) is 5.92 Å². The summed E-state index contributed by atoms with van der Waals surface area (Å²) in [7, 11) is 0. The van der Waals surface area contributed by atoms with E-state index in [2.05, 4.69) is 22.6 Å². The zero-order valence-corrected chi connectivity index (χ0v) is 12.3. The molecule has 0 bridgehead atoms. The fourth-order valence-corrected chi connectivity index (χ4v) is 2.95. The molecule has 21 heavy (non-hydrogen) atoms. The number of aromatic nitrogens is 3. The van der Waals surface area contributed by atoms with Gasteiger partial charge in [0.2, 0.25) is 0 Å². The van der Waals surface area contributed by atoms with E-state index in [1.165, 1.54) is 25.5 Å². The van der Waals surface area contributed by atoms with Crippen molar-refractivity contribution < 1.29 is 14.7 Å². The maximum Gasteiger partial charge on any atom is 0.325 e. The van der Waals surface area contributed by atoms with E-state index in [0.29, 0.717) is 5.92 Å². The third kappa shape index (κ3) is 4.27. The third-order valence-electron chi connectivity index (χ3n) is 4.04. The SMILES string of the molecule is CCC(NC(=O)c1cn(CC(=O)O)nn1)C1CCCCC1. The van der Waals surface area contributed by atoms with E-state index in [1.54, 1.807) is 0 Å². The molecule has 1 atom stereocenters. The highest BCUT2D eigenvalue weighted by molar-refractivity contribution is 5.92. The average Bonchev–Trinajstić information content (AvgIpc) is 2.93. The maximum atomic E-state index is 12.2. The molecule has 1 aromatic heterocycles. The smallest absolute Gasteiger partial charge is 0.325 e. The third-order valence-corrected chi connectivity index (χ3v) is 4.04. The zero-order valence-electron chi connectivity index (χ0n) is 12.3. The molecule has 1 heterocycles. The van der Waals surface area contributed by atoms with Crippen LogP contribution in [0.5, 0.6) is 0 Å². The minimum absolute atomic E-state index is 0.155. The molecule has 2 rings (SSSR count). The molecule has 1 aliphatic carbocycles. The molecule has 0 saturated heterocycles. The van der Waals surface area contributed by atoms with Gasteiger partial charge in [-0.3, -0.25) is 9.59 Å². The normalized spacial score (nSPS) is 17.4. The Labute approximate surface area is 123 Å². The molecular formula is C14H22N4O3. The van der Waals surface area contributed by atoms with E-state index in [-0.39, 0.29) is 24.2 Å². The first-order chi connectivity index (χ1) is 10.1. The van der Waals surface area contributed by atoms with Crippen LogP contribution in [0.3, 0.4) is 0 Å². The van der Waals surface area contributed by atoms with E-state index in [1.807, 2.05) is 0 Å². The molecule has 0 radical (unpaired) electrons. The van der Waals surface area contributed by atoms with Crippen LogP contribution in [-0.4, -0.2) is 38.0 Å². The molecule has 0 aliphatic heterocycles. The van der Waals surface area contributed by atoms with Crippen LogP contribution in [0.2, 0.25) is 0 Å². The molecule has 7 nitrogen and oxygen atoms in total. The zero-order chi connectivity index (χ0) is 15.2. The van der Waals surface area contributed by atoms with Crippen molar-refractivity contribution in [2.75, 3.05) is 0 Å². The monoisotopic (exact) mass is 294 g/mol. The van der Waals surface area contributed by atoms with Crippen molar-refractivity contribution in [1.82, 2.24) is 20.3 Å². The number of hydrogen-bond acceptors (Lipinski definition) is 4. The van der Waals surface area contributed by atoms with Crippen LogP contribution in [0.4, 0.5) is 0 Å². The first kappa shape index (κ1) is 15.5. The van der Waals surface area contributed by atoms with Crippen molar-refractivity contribution in [1.29, 1.82) is 0 Å². The van der Waals surface area contributed by atoms with Gasteiger partial charge in [-0.2, -0.15) is 0 Å². The van der Waals surface area contributed by atoms with Crippen molar-refractivity contribution in [3.63, 3.8) is 0 Å². The second-order valence-corrected chi connectivity index (χ2v) is 5.58. The minimum atomic E-state index is -1.01. The lowest BCUT2D eigenvalue weighted by molar-refractivity contribution is -0.137. The van der Waals surface area contributed by atoms with Gasteiger partial charge in [0.25, 0.3) is 5.91 Å². The number of carbonyl (C=O) groups excluding carboxylic acids is 1. The molecule has 2 N–H and O–H groups in total. The van der Waals surface area contributed by atoms with Crippen molar-refractivity contribution in [2.45, 2.75) is 58.0 Å². The Kier molecular flexibility index (Phi) is 5.30. The first-order valence-electron chi connectivity index (χ1n) is 7.53. The maximum absolute atomic E-state index is 12.2. The Morgan fingerprint density at radius 2 is 2.14 bits per heavy atom. The van der Waals surface area contributed by atoms with E-state index in [4.69, 9.17) is 5.11 Å². The molecule has 1 aliphatic rings. The Morgan fingerprint density at radius 1 is 1.43 bits per heavy atom. The molecule has 1 aromatic rings. The van der Waals surface area contributed by atoms with E-state index < -0.39 is 5.97 Å². The fourth-order valence-electron chi connectivity index (χ4n) is 2.95. The highest BCUT2D eigenvalue weighted by atomic mass is 16.4. The molecule has 116 valence electrons. The number of amides is 1. The summed E-state index contributed by atoms with van der Waals surface area (Å²) in [6.07, 6.45) is 8.31. The molecule has 1 saturated carbocycles. The molecule has 0 spiro atoms. The summed E-state index contributed by atoms with van der Waals surface area (Å²) in [5, 5.41) is 19.1. The lowest BCUT2D eigenvalue weighted by Gasteiger charge is -2.30. The quantitative estimate of drug-likeness (QED) is 0.827. The van der Waals surface area contributed by atoms with Crippen LogP contribution < -0.4 is 5.32 Å². The molecule has 1 amide bonds. The molecule has 7 heteroatoms. The topological polar surface area (TPSA) is 97.1 Å². The lowest BCUT2D eigenvalue weighted by Crippen LogP contribution is -2.40. The van der Waals surface area contributed by atoms with Gasteiger partial charge in [0.05, 0.1) is 6.20 Å². The number of carbonyl (C=O) groups is 2. The Bertz CT molecular complexity index is 494. The van der Waals surface area contributed by atoms with Crippen LogP contribution in [0.25, 0.3) is 0 Å². The second kappa shape index (κ2) is 7.19. The summed E-state index contributed by atoms with van der Waals surface area (Å²) in [5.74, 6) is -0.758. The summed E-state index contributed by atoms with van der Waals surface area (Å²) >= 11 is 0. The predicted molar refractivity (Wildman–Crippen MR) is 75.8 cm³/mol. The van der Waals surface area contributed by atoms with Crippen molar-refractivity contribution in [2.24, 2.45) is 5.92 Å². The highest BCUT2D eigenvalue weighted by Gasteiger charge is 2.25. The highest BCUT2D eigenvalue weighted by Crippen LogP contribution is 2.27. The summed E-state index contributed by atoms with van der Waals surface area (Å²) in [6, 6.07) is 0.155. The van der Waals surface area contributed by atoms with E-state index in [9.17, 15) is 9.59 Å². The van der Waals surface area contributed by atoms with Gasteiger partial charge in [0.1, 0.15) is 6.54 Å². The number of rotatable bonds is 6. The summed E-state index contributed by atoms with van der Waals surface area (Å²) in [6.45, 7) is 1.78. The number of aliphatic carboxylic acids is 1. The Morgan fingerprint density at radius 3 is 2.76 bits per heavy atom. The Hall–Kier alpha value is -1.92. The lowest BCUT2D eigenvalue weighted by atomic mass is 9.83. The number of nitrogens with one attached hydrogen (secondary N) is 1. The van der Waals surface area contributed by atoms with E-state index in [0.717, 1.165) is 23.9 Å². The van der Waals surface area contributed by atoms with E-state index >= 15 is 0 Å². The average molecular weight is 294 g/mol. The van der Waals surface area contributed by atoms with Gasteiger partial charge in [-0.05, 0) is 25.2 Å². The second-order valence-electron chi connectivity index (χ2n) is 5.58. The summed E-state index contributed by atoms with van der Waals surface area (Å²) in [4.78, 5) is 22.8. The first-order valence-corrected chi connectivity index (χ1v) is 7.53. The Balaban J connectivity index is 1.95. The number of carboxylic acids is 1. The standard InChI is InChI=1S/C14H22N4O3/c1-2-11(10-6-4-3-5-7-10)15-14(21)12-8-18(17-16-12)9-13(19)20/h8,10-11H,2-7,9H2,1H3,(H,15,21)(H,19,20). The molecule has 1 fully saturated rings. The minimum Gasteiger partial charge on any atom is -0.480 e. The van der Waals surface area contributed by atoms with Crippen molar-refractivity contribution >= 4 is 11.9 Å². The summed E-state index contributed by atoms with van der Waals surface area (Å²) in [5.41, 5.74) is 0.172. The fraction of sp³-hybridized carbons (Fsp3) is 0.714. The van der Waals surface area contributed by atoms with Gasteiger partial charge < -0.3 is 10.4 Å². The predicted octanol–water partition coefficient (Wildman–Crippen LogP) is 1.45. The van der Waals surface area contributed by atoms with Crippen molar-refractivity contribution in [3.05, 3.63) is 11.9 Å². The number of nitrogens with zero attached hydrogens (tertiary/aromatic N) is 3. The van der Waals surface area contributed by atoms with Gasteiger partial charge in [-0.25, -0.2) is 4.68 Å². The summed E-state index contributed by atoms with van der Waals surface area (Å²) < 4.78 is 1.15. The largest absolute Gasteiger partial charge is 0.480 e. The van der Waals surface area contributed by atoms with Crippen LogP contribution in [-0.2, 0) is 11.3 Å². The number of hydrogen-bond donors (Lipinski definition) is 2. The van der Waals surface area contributed by atoms with Crippen LogP contribution in [0.15, 0.2) is 6.20 Å². The van der Waals surface area contributed by atoms with Crippen LogP contribution >= 0.6 is 0 Å². The van der Waals surface area contributed by atoms with Gasteiger partial charge in [-0.15, -0.1) is 5.10 Å². The van der Waals surface area contributed by atoms with Crippen LogP contribution in [0.1, 0.15) is 55.9 Å². The number of carboxylic acid groups (broad SMARTS) is 1. The molecule has 0 aromatic carbocycles. The molecule has 1 unspecified atom stereocenters. The van der Waals surface area contributed by atoms with Crippen molar-refractivity contribution in [3.8, 4) is 0 Å².